The van der Waals surface area contributed by atoms with Crippen molar-refractivity contribution in [3.63, 3.8) is 0 Å². The molecule has 0 aromatic heterocycles. The minimum atomic E-state index is -0.822. The second-order valence-electron chi connectivity index (χ2n) is 4.61. The fourth-order valence-corrected chi connectivity index (χ4v) is 2.57. The van der Waals surface area contributed by atoms with Crippen molar-refractivity contribution in [2.75, 3.05) is 13.2 Å². The van der Waals surface area contributed by atoms with Gasteiger partial charge in [-0.25, -0.2) is 0 Å². The summed E-state index contributed by atoms with van der Waals surface area (Å²) in [6.07, 6.45) is 1.48. The summed E-state index contributed by atoms with van der Waals surface area (Å²) in [4.78, 5) is 0. The quantitative estimate of drug-likeness (QED) is 0.781. The Balaban J connectivity index is 2.00. The van der Waals surface area contributed by atoms with Crippen LogP contribution >= 0.6 is 0 Å². The fourth-order valence-electron chi connectivity index (χ4n) is 2.57. The molecular formula is C13H16O3. The fraction of sp³-hybridized carbons (Fsp3) is 0.538. The molecule has 3 heteroatoms. The molecule has 2 unspecified atom stereocenters. The largest absolute Gasteiger partial charge is 0.493 e. The monoisotopic (exact) mass is 220 g/mol. The first kappa shape index (κ1) is 10.1. The van der Waals surface area contributed by atoms with Crippen molar-refractivity contribution in [1.29, 1.82) is 0 Å². The van der Waals surface area contributed by atoms with Gasteiger partial charge in [0.15, 0.2) is 0 Å². The molecule has 2 aliphatic heterocycles. The summed E-state index contributed by atoms with van der Waals surface area (Å²) >= 11 is 0. The van der Waals surface area contributed by atoms with Crippen LogP contribution in [-0.2, 0) is 16.8 Å². The molecule has 0 bridgehead atoms. The number of hydrogen-bond acceptors (Lipinski definition) is 3. The lowest BCUT2D eigenvalue weighted by atomic mass is 9.87. The van der Waals surface area contributed by atoms with E-state index in [0.717, 1.165) is 24.3 Å². The minimum absolute atomic E-state index is 0.132. The molecule has 86 valence electrons. The van der Waals surface area contributed by atoms with Crippen LogP contribution in [0.1, 0.15) is 24.5 Å². The second-order valence-corrected chi connectivity index (χ2v) is 4.61. The van der Waals surface area contributed by atoms with Crippen LogP contribution in [0.3, 0.4) is 0 Å². The summed E-state index contributed by atoms with van der Waals surface area (Å²) < 4.78 is 10.9. The SMILES string of the molecule is CC1OCCC1(O)c1ccc2c(c1)CCO2. The van der Waals surface area contributed by atoms with Gasteiger partial charge in [-0.2, -0.15) is 0 Å². The number of ether oxygens (including phenoxy) is 2. The Morgan fingerprint density at radius 3 is 3.00 bits per heavy atom. The Hall–Kier alpha value is -1.06. The molecule has 1 N–H and O–H groups in total. The zero-order valence-electron chi connectivity index (χ0n) is 9.40. The van der Waals surface area contributed by atoms with E-state index in [1.165, 1.54) is 5.56 Å². The predicted octanol–water partition coefficient (Wildman–Crippen LogP) is 1.62. The van der Waals surface area contributed by atoms with Gasteiger partial charge in [0.05, 0.1) is 19.3 Å². The van der Waals surface area contributed by atoms with E-state index in [2.05, 4.69) is 6.07 Å². The van der Waals surface area contributed by atoms with Gasteiger partial charge < -0.3 is 14.6 Å². The molecule has 2 aliphatic rings. The first-order valence-electron chi connectivity index (χ1n) is 5.80. The normalized spacial score (nSPS) is 32.5. The van der Waals surface area contributed by atoms with E-state index >= 15 is 0 Å². The van der Waals surface area contributed by atoms with Gasteiger partial charge in [0, 0.05) is 12.8 Å². The van der Waals surface area contributed by atoms with Gasteiger partial charge in [0.1, 0.15) is 11.4 Å². The molecule has 16 heavy (non-hydrogen) atoms. The Labute approximate surface area is 95.0 Å². The van der Waals surface area contributed by atoms with Crippen LogP contribution in [0.5, 0.6) is 5.75 Å². The van der Waals surface area contributed by atoms with Crippen molar-refractivity contribution < 1.29 is 14.6 Å². The molecule has 2 heterocycles. The lowest BCUT2D eigenvalue weighted by Crippen LogP contribution is -2.33. The van der Waals surface area contributed by atoms with Crippen molar-refractivity contribution in [3.8, 4) is 5.75 Å². The first-order chi connectivity index (χ1) is 7.70. The van der Waals surface area contributed by atoms with Crippen LogP contribution < -0.4 is 4.74 Å². The maximum absolute atomic E-state index is 10.6. The number of hydrogen-bond donors (Lipinski definition) is 1. The molecule has 3 rings (SSSR count). The number of aliphatic hydroxyl groups is 1. The van der Waals surface area contributed by atoms with Crippen LogP contribution in [0.4, 0.5) is 0 Å². The minimum Gasteiger partial charge on any atom is -0.493 e. The lowest BCUT2D eigenvalue weighted by molar-refractivity contribution is -0.0317. The molecular weight excluding hydrogens is 204 g/mol. The van der Waals surface area contributed by atoms with Crippen molar-refractivity contribution >= 4 is 0 Å². The Bertz CT molecular complexity index is 416. The summed E-state index contributed by atoms with van der Waals surface area (Å²) in [5, 5.41) is 10.6. The van der Waals surface area contributed by atoms with Crippen LogP contribution in [0.15, 0.2) is 18.2 Å². The number of fused-ring (bicyclic) bond motifs is 1. The molecule has 1 saturated heterocycles. The molecule has 0 aliphatic carbocycles. The molecule has 0 saturated carbocycles. The van der Waals surface area contributed by atoms with Crippen LogP contribution in [0, 0.1) is 0 Å². The summed E-state index contributed by atoms with van der Waals surface area (Å²) in [6, 6.07) is 5.98. The van der Waals surface area contributed by atoms with Crippen molar-refractivity contribution in [2.45, 2.75) is 31.5 Å². The van der Waals surface area contributed by atoms with E-state index in [4.69, 9.17) is 9.47 Å². The smallest absolute Gasteiger partial charge is 0.122 e. The zero-order valence-corrected chi connectivity index (χ0v) is 9.40. The van der Waals surface area contributed by atoms with Gasteiger partial charge in [-0.1, -0.05) is 6.07 Å². The van der Waals surface area contributed by atoms with Crippen molar-refractivity contribution in [2.24, 2.45) is 0 Å². The average molecular weight is 220 g/mol. The van der Waals surface area contributed by atoms with E-state index in [-0.39, 0.29) is 6.10 Å². The van der Waals surface area contributed by atoms with Gasteiger partial charge in [-0.15, -0.1) is 0 Å². The number of benzene rings is 1. The molecule has 0 spiro atoms. The van der Waals surface area contributed by atoms with Gasteiger partial charge >= 0.3 is 0 Å². The van der Waals surface area contributed by atoms with Gasteiger partial charge in [0.25, 0.3) is 0 Å². The highest BCUT2D eigenvalue weighted by molar-refractivity contribution is 5.42. The van der Waals surface area contributed by atoms with Gasteiger partial charge in [0.2, 0.25) is 0 Å². The molecule has 1 fully saturated rings. The maximum atomic E-state index is 10.6. The zero-order chi connectivity index (χ0) is 11.2. The van der Waals surface area contributed by atoms with Crippen LogP contribution in [-0.4, -0.2) is 24.4 Å². The van der Waals surface area contributed by atoms with Crippen LogP contribution in [0.2, 0.25) is 0 Å². The highest BCUT2D eigenvalue weighted by atomic mass is 16.5. The molecule has 3 nitrogen and oxygen atoms in total. The molecule has 0 radical (unpaired) electrons. The molecule has 2 atom stereocenters. The Morgan fingerprint density at radius 2 is 2.25 bits per heavy atom. The van der Waals surface area contributed by atoms with Gasteiger partial charge in [-0.3, -0.25) is 0 Å². The van der Waals surface area contributed by atoms with E-state index in [1.54, 1.807) is 0 Å². The number of rotatable bonds is 1. The third-order valence-electron chi connectivity index (χ3n) is 3.71. The van der Waals surface area contributed by atoms with Crippen molar-refractivity contribution in [1.82, 2.24) is 0 Å². The highest BCUT2D eigenvalue weighted by Gasteiger charge is 2.41. The first-order valence-corrected chi connectivity index (χ1v) is 5.80. The topological polar surface area (TPSA) is 38.7 Å². The van der Waals surface area contributed by atoms with E-state index in [0.29, 0.717) is 13.0 Å². The second kappa shape index (κ2) is 3.47. The van der Waals surface area contributed by atoms with Crippen molar-refractivity contribution in [3.05, 3.63) is 29.3 Å². The summed E-state index contributed by atoms with van der Waals surface area (Å²) in [7, 11) is 0. The molecule has 1 aromatic carbocycles. The van der Waals surface area contributed by atoms with E-state index in [9.17, 15) is 5.11 Å². The molecule has 1 aromatic rings. The average Bonchev–Trinajstić information content (AvgIpc) is 2.86. The Kier molecular flexibility index (Phi) is 2.19. The Morgan fingerprint density at radius 1 is 1.38 bits per heavy atom. The predicted molar refractivity (Wildman–Crippen MR) is 59.6 cm³/mol. The summed E-state index contributed by atoms with van der Waals surface area (Å²) in [6.45, 7) is 3.31. The van der Waals surface area contributed by atoms with Gasteiger partial charge in [-0.05, 0) is 30.2 Å². The standard InChI is InChI=1S/C13H16O3/c1-9-13(14,5-7-15-9)11-2-3-12-10(8-11)4-6-16-12/h2-3,8-9,14H,4-7H2,1H3. The summed E-state index contributed by atoms with van der Waals surface area (Å²) in [5.41, 5.74) is 1.34. The third kappa shape index (κ3) is 1.35. The van der Waals surface area contributed by atoms with E-state index < -0.39 is 5.60 Å². The third-order valence-corrected chi connectivity index (χ3v) is 3.71. The summed E-state index contributed by atoms with van der Waals surface area (Å²) in [5.74, 6) is 0.957. The lowest BCUT2D eigenvalue weighted by Gasteiger charge is -2.26. The maximum Gasteiger partial charge on any atom is 0.122 e. The highest BCUT2D eigenvalue weighted by Crippen LogP contribution is 2.38. The molecule has 0 amide bonds. The van der Waals surface area contributed by atoms with E-state index in [1.807, 2.05) is 19.1 Å². The van der Waals surface area contributed by atoms with Crippen LogP contribution in [0.25, 0.3) is 0 Å².